The van der Waals surface area contributed by atoms with Gasteiger partial charge in [-0.25, -0.2) is 0 Å². The van der Waals surface area contributed by atoms with Crippen LogP contribution in [0.2, 0.25) is 0 Å². The minimum Gasteiger partial charge on any atom is -0.324 e. The van der Waals surface area contributed by atoms with Crippen molar-refractivity contribution in [3.8, 4) is 0 Å². The zero-order chi connectivity index (χ0) is 20.3. The number of piperidine rings is 1. The number of pyridine rings is 1. The number of carbonyl (C=O) groups excluding carboxylic acids is 1. The van der Waals surface area contributed by atoms with Gasteiger partial charge in [0.05, 0.1) is 17.7 Å². The van der Waals surface area contributed by atoms with Crippen molar-refractivity contribution in [3.05, 3.63) is 71.4 Å². The number of nitrogens with one attached hydrogen (secondary N) is 1. The second-order valence-electron chi connectivity index (χ2n) is 8.74. The second-order valence-corrected chi connectivity index (χ2v) is 8.74. The predicted molar refractivity (Wildman–Crippen MR) is 122 cm³/mol. The van der Waals surface area contributed by atoms with Crippen LogP contribution in [0, 0.1) is 5.92 Å². The van der Waals surface area contributed by atoms with Crippen LogP contribution >= 0.6 is 0 Å². The van der Waals surface area contributed by atoms with Gasteiger partial charge in [0.1, 0.15) is 0 Å². The average molecular weight is 400 g/mol. The van der Waals surface area contributed by atoms with E-state index in [0.717, 1.165) is 79.8 Å². The predicted octanol–water partition coefficient (Wildman–Crippen LogP) is 4.62. The highest BCUT2D eigenvalue weighted by atomic mass is 16.2. The quantitative estimate of drug-likeness (QED) is 0.681. The number of rotatable bonds is 5. The first kappa shape index (κ1) is 19.3. The van der Waals surface area contributed by atoms with E-state index in [4.69, 9.17) is 4.98 Å². The summed E-state index contributed by atoms with van der Waals surface area (Å²) in [7, 11) is 0. The van der Waals surface area contributed by atoms with Gasteiger partial charge in [-0.2, -0.15) is 0 Å². The molecule has 4 nitrogen and oxygen atoms in total. The second kappa shape index (κ2) is 8.57. The fourth-order valence-electron chi connectivity index (χ4n) is 5.03. The topological polar surface area (TPSA) is 45.2 Å². The fourth-order valence-corrected chi connectivity index (χ4v) is 5.03. The first-order valence-electron chi connectivity index (χ1n) is 11.2. The Balaban J connectivity index is 1.22. The maximum absolute atomic E-state index is 12.9. The summed E-state index contributed by atoms with van der Waals surface area (Å²) in [6.45, 7) is 2.48. The van der Waals surface area contributed by atoms with Crippen molar-refractivity contribution < 1.29 is 4.79 Å². The van der Waals surface area contributed by atoms with E-state index >= 15 is 0 Å². The van der Waals surface area contributed by atoms with Gasteiger partial charge < -0.3 is 5.32 Å². The van der Waals surface area contributed by atoms with E-state index < -0.39 is 0 Å². The Morgan fingerprint density at radius 2 is 1.77 bits per heavy atom. The van der Waals surface area contributed by atoms with Gasteiger partial charge in [-0.15, -0.1) is 0 Å². The third-order valence-corrected chi connectivity index (χ3v) is 6.63. The van der Waals surface area contributed by atoms with Gasteiger partial charge >= 0.3 is 0 Å². The number of hydrogen-bond donors (Lipinski definition) is 1. The van der Waals surface area contributed by atoms with Crippen LogP contribution < -0.4 is 5.32 Å². The normalized spacial score (nSPS) is 17.2. The van der Waals surface area contributed by atoms with Crippen molar-refractivity contribution in [2.45, 2.75) is 38.5 Å². The Hall–Kier alpha value is -2.72. The summed E-state index contributed by atoms with van der Waals surface area (Å²) in [6, 6.07) is 18.9. The Morgan fingerprint density at radius 3 is 2.60 bits per heavy atom. The largest absolute Gasteiger partial charge is 0.324 e. The fraction of sp³-hybridized carbons (Fsp3) is 0.385. The molecule has 0 atom stereocenters. The highest BCUT2D eigenvalue weighted by Crippen LogP contribution is 2.34. The molecular weight excluding hydrogens is 370 g/mol. The molecular formula is C26H29N3O. The molecule has 2 heterocycles. The summed E-state index contributed by atoms with van der Waals surface area (Å²) >= 11 is 0. The van der Waals surface area contributed by atoms with Crippen LogP contribution in [0.15, 0.2) is 54.6 Å². The van der Waals surface area contributed by atoms with Crippen molar-refractivity contribution in [3.63, 3.8) is 0 Å². The van der Waals surface area contributed by atoms with Gasteiger partial charge in [0.2, 0.25) is 5.91 Å². The molecule has 1 fully saturated rings. The van der Waals surface area contributed by atoms with Gasteiger partial charge in [-0.3, -0.25) is 14.7 Å². The standard InChI is InChI=1S/C26H29N3O/c30-25(18-29-15-13-20(14-16-29)17-19-7-2-1-3-8-19)28-26-21-9-4-5-11-23(21)27-24-12-6-10-22(24)26/h1-5,7-9,11,20H,6,10,12-18H2,(H,27,28,30). The van der Waals surface area contributed by atoms with E-state index in [9.17, 15) is 4.79 Å². The molecule has 4 heteroatoms. The Labute approximate surface area is 178 Å². The molecule has 0 bridgehead atoms. The molecule has 0 radical (unpaired) electrons. The SMILES string of the molecule is O=C(CN1CCC(Cc2ccccc2)CC1)Nc1c2c(nc3ccccc13)CCC2. The number of carbonyl (C=O) groups is 1. The molecule has 1 amide bonds. The van der Waals surface area contributed by atoms with Crippen molar-refractivity contribution in [1.29, 1.82) is 0 Å². The van der Waals surface area contributed by atoms with E-state index in [1.165, 1.54) is 11.1 Å². The summed E-state index contributed by atoms with van der Waals surface area (Å²) in [5.41, 5.74) is 5.80. The maximum Gasteiger partial charge on any atom is 0.238 e. The summed E-state index contributed by atoms with van der Waals surface area (Å²) in [4.78, 5) is 20.0. The monoisotopic (exact) mass is 399 g/mol. The summed E-state index contributed by atoms with van der Waals surface area (Å²) < 4.78 is 0. The molecule has 154 valence electrons. The van der Waals surface area contributed by atoms with Gasteiger partial charge in [-0.1, -0.05) is 48.5 Å². The molecule has 3 aromatic rings. The summed E-state index contributed by atoms with van der Waals surface area (Å²) in [5, 5.41) is 4.33. The van der Waals surface area contributed by atoms with Crippen molar-refractivity contribution >= 4 is 22.5 Å². The lowest BCUT2D eigenvalue weighted by Crippen LogP contribution is -2.39. The van der Waals surface area contributed by atoms with E-state index in [1.807, 2.05) is 18.2 Å². The number of fused-ring (bicyclic) bond motifs is 2. The highest BCUT2D eigenvalue weighted by Gasteiger charge is 2.24. The van der Waals surface area contributed by atoms with Crippen LogP contribution in [0.3, 0.4) is 0 Å². The van der Waals surface area contributed by atoms with Gasteiger partial charge in [0.25, 0.3) is 0 Å². The highest BCUT2D eigenvalue weighted by molar-refractivity contribution is 6.03. The molecule has 1 aliphatic heterocycles. The van der Waals surface area contributed by atoms with Crippen LogP contribution in [0.1, 0.15) is 36.1 Å². The molecule has 0 unspecified atom stereocenters. The number of benzene rings is 2. The molecule has 30 heavy (non-hydrogen) atoms. The van der Waals surface area contributed by atoms with E-state index in [0.29, 0.717) is 6.54 Å². The maximum atomic E-state index is 12.9. The third kappa shape index (κ3) is 4.10. The molecule has 1 aliphatic carbocycles. The summed E-state index contributed by atoms with van der Waals surface area (Å²) in [6.07, 6.45) is 6.61. The number of aromatic nitrogens is 1. The molecule has 1 saturated heterocycles. The lowest BCUT2D eigenvalue weighted by molar-refractivity contribution is -0.117. The zero-order valence-electron chi connectivity index (χ0n) is 17.4. The minimum absolute atomic E-state index is 0.0990. The van der Waals surface area contributed by atoms with Crippen LogP contribution in [0.5, 0.6) is 0 Å². The third-order valence-electron chi connectivity index (χ3n) is 6.63. The lowest BCUT2D eigenvalue weighted by Gasteiger charge is -2.31. The van der Waals surface area contributed by atoms with E-state index in [1.54, 1.807) is 0 Å². The molecule has 0 saturated carbocycles. The van der Waals surface area contributed by atoms with Crippen LogP contribution in [-0.2, 0) is 24.1 Å². The number of hydrogen-bond acceptors (Lipinski definition) is 3. The Kier molecular flexibility index (Phi) is 5.50. The smallest absolute Gasteiger partial charge is 0.238 e. The Morgan fingerprint density at radius 1 is 1.00 bits per heavy atom. The number of likely N-dealkylation sites (tertiary alicyclic amines) is 1. The van der Waals surface area contributed by atoms with Gasteiger partial charge in [-0.05, 0) is 74.7 Å². The minimum atomic E-state index is 0.0990. The number of nitrogens with zero attached hydrogens (tertiary/aromatic N) is 2. The number of amides is 1. The molecule has 5 rings (SSSR count). The average Bonchev–Trinajstić information content (AvgIpc) is 3.24. The van der Waals surface area contributed by atoms with Crippen molar-refractivity contribution in [2.75, 3.05) is 25.0 Å². The molecule has 1 N–H and O–H groups in total. The van der Waals surface area contributed by atoms with Gasteiger partial charge in [0, 0.05) is 11.1 Å². The molecule has 0 spiro atoms. The number of anilines is 1. The van der Waals surface area contributed by atoms with E-state index in [2.05, 4.69) is 46.6 Å². The number of para-hydroxylation sites is 1. The van der Waals surface area contributed by atoms with Crippen LogP contribution in [0.4, 0.5) is 5.69 Å². The van der Waals surface area contributed by atoms with Crippen LogP contribution in [0.25, 0.3) is 10.9 Å². The molecule has 2 aromatic carbocycles. The van der Waals surface area contributed by atoms with Crippen molar-refractivity contribution in [1.82, 2.24) is 9.88 Å². The summed E-state index contributed by atoms with van der Waals surface area (Å²) in [5.74, 6) is 0.820. The molecule has 2 aliphatic rings. The molecule has 1 aromatic heterocycles. The lowest BCUT2D eigenvalue weighted by atomic mass is 9.90. The van der Waals surface area contributed by atoms with Gasteiger partial charge in [0.15, 0.2) is 0 Å². The van der Waals surface area contributed by atoms with Crippen molar-refractivity contribution in [2.24, 2.45) is 5.92 Å². The van der Waals surface area contributed by atoms with Crippen LogP contribution in [-0.4, -0.2) is 35.4 Å². The number of aryl methyl sites for hydroxylation is 1. The van der Waals surface area contributed by atoms with E-state index in [-0.39, 0.29) is 5.91 Å². The zero-order valence-corrected chi connectivity index (χ0v) is 17.4. The Bertz CT molecular complexity index is 1040. The first-order valence-corrected chi connectivity index (χ1v) is 11.2. The first-order chi connectivity index (χ1) is 14.8.